The Morgan fingerprint density at radius 2 is 1.73 bits per heavy atom. The molecule has 2 saturated carbocycles. The first kappa shape index (κ1) is 11.0. The lowest BCUT2D eigenvalue weighted by Gasteiger charge is -2.38. The molecule has 2 aliphatic carbocycles. The van der Waals surface area contributed by atoms with E-state index in [9.17, 15) is 9.90 Å². The van der Waals surface area contributed by atoms with Crippen molar-refractivity contribution in [2.24, 2.45) is 23.2 Å². The fourth-order valence-corrected chi connectivity index (χ4v) is 3.25. The molecule has 0 heterocycles. The van der Waals surface area contributed by atoms with Crippen LogP contribution in [-0.2, 0) is 4.79 Å². The monoisotopic (exact) mass is 210 g/mol. The molecule has 1 N–H and O–H groups in total. The quantitative estimate of drug-likeness (QED) is 0.776. The molecule has 15 heavy (non-hydrogen) atoms. The van der Waals surface area contributed by atoms with Gasteiger partial charge in [-0.3, -0.25) is 4.79 Å². The Labute approximate surface area is 92.1 Å². The van der Waals surface area contributed by atoms with Gasteiger partial charge in [0.1, 0.15) is 0 Å². The van der Waals surface area contributed by atoms with Crippen LogP contribution in [-0.4, -0.2) is 11.1 Å². The van der Waals surface area contributed by atoms with Crippen LogP contribution in [0.25, 0.3) is 0 Å². The second kappa shape index (κ2) is 3.80. The molecule has 0 spiro atoms. The fourth-order valence-electron chi connectivity index (χ4n) is 3.25. The molecule has 2 nitrogen and oxygen atoms in total. The molecule has 2 heteroatoms. The minimum Gasteiger partial charge on any atom is -0.481 e. The zero-order valence-corrected chi connectivity index (χ0v) is 9.83. The largest absolute Gasteiger partial charge is 0.481 e. The average molecular weight is 210 g/mol. The van der Waals surface area contributed by atoms with Crippen molar-refractivity contribution in [2.75, 3.05) is 0 Å². The summed E-state index contributed by atoms with van der Waals surface area (Å²) in [7, 11) is 0. The van der Waals surface area contributed by atoms with E-state index in [2.05, 4.69) is 13.8 Å². The summed E-state index contributed by atoms with van der Waals surface area (Å²) < 4.78 is 0. The molecule has 2 fully saturated rings. The van der Waals surface area contributed by atoms with Crippen LogP contribution in [0.3, 0.4) is 0 Å². The number of carboxylic acid groups (broad SMARTS) is 1. The minimum absolute atomic E-state index is 0.328. The highest BCUT2D eigenvalue weighted by Gasteiger charge is 2.52. The van der Waals surface area contributed by atoms with Gasteiger partial charge in [-0.1, -0.05) is 13.8 Å². The first-order valence-corrected chi connectivity index (χ1v) is 6.29. The number of hydrogen-bond acceptors (Lipinski definition) is 1. The fraction of sp³-hybridized carbons (Fsp3) is 0.923. The van der Waals surface area contributed by atoms with Gasteiger partial charge in [0, 0.05) is 0 Å². The summed E-state index contributed by atoms with van der Waals surface area (Å²) in [4.78, 5) is 11.4. The summed E-state index contributed by atoms with van der Waals surface area (Å²) in [5.41, 5.74) is -0.328. The summed E-state index contributed by atoms with van der Waals surface area (Å²) in [6.07, 6.45) is 6.41. The van der Waals surface area contributed by atoms with Crippen molar-refractivity contribution in [3.05, 3.63) is 0 Å². The van der Waals surface area contributed by atoms with Crippen LogP contribution in [0.4, 0.5) is 0 Å². The normalized spacial score (nSPS) is 36.9. The van der Waals surface area contributed by atoms with Crippen LogP contribution < -0.4 is 0 Å². The lowest BCUT2D eigenvalue weighted by Crippen LogP contribution is -2.38. The van der Waals surface area contributed by atoms with Crippen molar-refractivity contribution >= 4 is 5.97 Å². The van der Waals surface area contributed by atoms with Gasteiger partial charge in [0.2, 0.25) is 0 Å². The first-order valence-electron chi connectivity index (χ1n) is 6.29. The third-order valence-electron chi connectivity index (χ3n) is 4.65. The van der Waals surface area contributed by atoms with Crippen LogP contribution in [0.2, 0.25) is 0 Å². The Morgan fingerprint density at radius 1 is 1.20 bits per heavy atom. The highest BCUT2D eigenvalue weighted by atomic mass is 16.4. The highest BCUT2D eigenvalue weighted by Crippen LogP contribution is 2.55. The number of aliphatic carboxylic acids is 1. The van der Waals surface area contributed by atoms with Gasteiger partial charge in [0.15, 0.2) is 0 Å². The number of carbonyl (C=O) groups is 1. The molecule has 0 aromatic rings. The molecule has 0 atom stereocenters. The molecular formula is C13H22O2. The molecule has 2 rings (SSSR count). The van der Waals surface area contributed by atoms with Gasteiger partial charge >= 0.3 is 5.97 Å². The van der Waals surface area contributed by atoms with Gasteiger partial charge in [-0.05, 0) is 56.3 Å². The molecule has 0 saturated heterocycles. The number of carboxylic acids is 1. The SMILES string of the molecule is CC(C)C1CCC(C(=O)O)(C2CC2)CC1. The summed E-state index contributed by atoms with van der Waals surface area (Å²) >= 11 is 0. The first-order chi connectivity index (χ1) is 7.06. The molecule has 86 valence electrons. The lowest BCUT2D eigenvalue weighted by atomic mass is 9.65. The molecule has 0 aromatic heterocycles. The van der Waals surface area contributed by atoms with E-state index in [-0.39, 0.29) is 5.41 Å². The molecule has 0 aliphatic heterocycles. The molecule has 0 amide bonds. The smallest absolute Gasteiger partial charge is 0.309 e. The third kappa shape index (κ3) is 1.91. The van der Waals surface area contributed by atoms with Crippen molar-refractivity contribution in [2.45, 2.75) is 52.4 Å². The predicted molar refractivity (Wildman–Crippen MR) is 59.6 cm³/mol. The van der Waals surface area contributed by atoms with E-state index in [4.69, 9.17) is 0 Å². The van der Waals surface area contributed by atoms with Crippen molar-refractivity contribution < 1.29 is 9.90 Å². The van der Waals surface area contributed by atoms with Gasteiger partial charge in [-0.25, -0.2) is 0 Å². The van der Waals surface area contributed by atoms with Crippen molar-refractivity contribution in [1.29, 1.82) is 0 Å². The maximum absolute atomic E-state index is 11.4. The molecule has 0 unspecified atom stereocenters. The minimum atomic E-state index is -0.521. The second-order valence-corrected chi connectivity index (χ2v) is 5.82. The van der Waals surface area contributed by atoms with E-state index in [1.807, 2.05) is 0 Å². The van der Waals surface area contributed by atoms with Crippen molar-refractivity contribution in [1.82, 2.24) is 0 Å². The maximum Gasteiger partial charge on any atom is 0.309 e. The van der Waals surface area contributed by atoms with Crippen LogP contribution in [0.15, 0.2) is 0 Å². The van der Waals surface area contributed by atoms with Gasteiger partial charge < -0.3 is 5.11 Å². The Morgan fingerprint density at radius 3 is 2.07 bits per heavy atom. The Kier molecular flexibility index (Phi) is 2.78. The van der Waals surface area contributed by atoms with Gasteiger partial charge in [0.05, 0.1) is 5.41 Å². The number of hydrogen-bond donors (Lipinski definition) is 1. The van der Waals surface area contributed by atoms with Gasteiger partial charge in [-0.15, -0.1) is 0 Å². The van der Waals surface area contributed by atoms with E-state index in [1.165, 1.54) is 0 Å². The van der Waals surface area contributed by atoms with Gasteiger partial charge in [-0.2, -0.15) is 0 Å². The van der Waals surface area contributed by atoms with Crippen LogP contribution in [0.5, 0.6) is 0 Å². The summed E-state index contributed by atoms with van der Waals surface area (Å²) in [6.45, 7) is 4.52. The lowest BCUT2D eigenvalue weighted by molar-refractivity contribution is -0.153. The van der Waals surface area contributed by atoms with Gasteiger partial charge in [0.25, 0.3) is 0 Å². The molecule has 2 aliphatic rings. The summed E-state index contributed by atoms with van der Waals surface area (Å²) in [5, 5.41) is 9.42. The van der Waals surface area contributed by atoms with E-state index >= 15 is 0 Å². The third-order valence-corrected chi connectivity index (χ3v) is 4.65. The number of rotatable bonds is 3. The van der Waals surface area contributed by atoms with E-state index in [0.717, 1.165) is 50.4 Å². The average Bonchev–Trinajstić information content (AvgIpc) is 3.00. The highest BCUT2D eigenvalue weighted by molar-refractivity contribution is 5.75. The zero-order valence-electron chi connectivity index (χ0n) is 9.83. The second-order valence-electron chi connectivity index (χ2n) is 5.82. The molecule has 0 radical (unpaired) electrons. The molecular weight excluding hydrogens is 188 g/mol. The van der Waals surface area contributed by atoms with E-state index < -0.39 is 5.97 Å². The van der Waals surface area contributed by atoms with Crippen LogP contribution >= 0.6 is 0 Å². The molecule has 0 bridgehead atoms. The predicted octanol–water partition coefficient (Wildman–Crippen LogP) is 3.31. The van der Waals surface area contributed by atoms with E-state index in [1.54, 1.807) is 0 Å². The summed E-state index contributed by atoms with van der Waals surface area (Å²) in [6, 6.07) is 0. The standard InChI is InChI=1S/C13H22O2/c1-9(2)10-5-7-13(8-6-10,12(14)15)11-3-4-11/h9-11H,3-8H2,1-2H3,(H,14,15). The van der Waals surface area contributed by atoms with E-state index in [0.29, 0.717) is 5.92 Å². The zero-order chi connectivity index (χ0) is 11.1. The van der Waals surface area contributed by atoms with Crippen molar-refractivity contribution in [3.8, 4) is 0 Å². The van der Waals surface area contributed by atoms with Crippen LogP contribution in [0.1, 0.15) is 52.4 Å². The van der Waals surface area contributed by atoms with Crippen molar-refractivity contribution in [3.63, 3.8) is 0 Å². The maximum atomic E-state index is 11.4. The summed E-state index contributed by atoms with van der Waals surface area (Å²) in [5.74, 6) is 1.46. The Balaban J connectivity index is 2.02. The Hall–Kier alpha value is -0.530. The topological polar surface area (TPSA) is 37.3 Å². The van der Waals surface area contributed by atoms with Crippen LogP contribution in [0, 0.1) is 23.2 Å². The Bertz CT molecular complexity index is 245. The molecule has 0 aromatic carbocycles.